The molecule has 0 spiro atoms. The molecule has 1 unspecified atom stereocenters. The zero-order chi connectivity index (χ0) is 15.4. The molecule has 0 fully saturated rings. The lowest BCUT2D eigenvalue weighted by molar-refractivity contribution is 0.340. The summed E-state index contributed by atoms with van der Waals surface area (Å²) in [6.45, 7) is 2.59. The zero-order valence-electron chi connectivity index (χ0n) is 11.9. The SMILES string of the molecule is CCOc1ccc(C(N)c2cc(Cl)cc(Br)c2OC)cc1. The fourth-order valence-electron chi connectivity index (χ4n) is 2.14. The monoisotopic (exact) mass is 369 g/mol. The Morgan fingerprint density at radius 3 is 2.48 bits per heavy atom. The number of nitrogens with two attached hydrogens (primary N) is 1. The molecule has 0 amide bonds. The van der Waals surface area contributed by atoms with Crippen LogP contribution in [-0.2, 0) is 0 Å². The topological polar surface area (TPSA) is 44.5 Å². The summed E-state index contributed by atoms with van der Waals surface area (Å²) in [7, 11) is 1.61. The molecular formula is C16H17BrClNO2. The van der Waals surface area contributed by atoms with E-state index in [2.05, 4.69) is 15.9 Å². The van der Waals surface area contributed by atoms with E-state index in [4.69, 9.17) is 26.8 Å². The van der Waals surface area contributed by atoms with Gasteiger partial charge in [-0.25, -0.2) is 0 Å². The van der Waals surface area contributed by atoms with Crippen LogP contribution in [0.1, 0.15) is 24.1 Å². The molecular weight excluding hydrogens is 354 g/mol. The highest BCUT2D eigenvalue weighted by atomic mass is 79.9. The molecule has 0 aliphatic carbocycles. The minimum Gasteiger partial charge on any atom is -0.495 e. The number of methoxy groups -OCH3 is 1. The second-order valence-electron chi connectivity index (χ2n) is 4.49. The Bertz CT molecular complexity index is 616. The normalized spacial score (nSPS) is 12.0. The highest BCUT2D eigenvalue weighted by molar-refractivity contribution is 9.10. The minimum absolute atomic E-state index is 0.328. The predicted molar refractivity (Wildman–Crippen MR) is 89.3 cm³/mol. The van der Waals surface area contributed by atoms with Gasteiger partial charge in [0.15, 0.2) is 0 Å². The molecule has 0 aliphatic rings. The van der Waals surface area contributed by atoms with Crippen LogP contribution in [0, 0.1) is 0 Å². The van der Waals surface area contributed by atoms with Crippen molar-refractivity contribution in [2.75, 3.05) is 13.7 Å². The maximum atomic E-state index is 6.35. The third-order valence-corrected chi connectivity index (χ3v) is 3.93. The lowest BCUT2D eigenvalue weighted by Gasteiger charge is -2.18. The van der Waals surface area contributed by atoms with Gasteiger partial charge in [0.05, 0.1) is 24.2 Å². The molecule has 2 aromatic carbocycles. The first kappa shape index (κ1) is 16.1. The van der Waals surface area contributed by atoms with E-state index in [0.29, 0.717) is 17.4 Å². The van der Waals surface area contributed by atoms with E-state index in [9.17, 15) is 0 Å². The van der Waals surface area contributed by atoms with E-state index < -0.39 is 0 Å². The molecule has 112 valence electrons. The largest absolute Gasteiger partial charge is 0.495 e. The fraction of sp³-hybridized carbons (Fsp3) is 0.250. The Morgan fingerprint density at radius 1 is 1.24 bits per heavy atom. The Labute approximate surface area is 138 Å². The van der Waals surface area contributed by atoms with Gasteiger partial charge in [-0.05, 0) is 52.7 Å². The van der Waals surface area contributed by atoms with Crippen LogP contribution in [0.5, 0.6) is 11.5 Å². The van der Waals surface area contributed by atoms with Crippen LogP contribution < -0.4 is 15.2 Å². The van der Waals surface area contributed by atoms with Crippen molar-refractivity contribution in [3.63, 3.8) is 0 Å². The number of halogens is 2. The molecule has 2 rings (SSSR count). The lowest BCUT2D eigenvalue weighted by Crippen LogP contribution is -2.13. The van der Waals surface area contributed by atoms with Crippen molar-refractivity contribution in [2.45, 2.75) is 13.0 Å². The van der Waals surface area contributed by atoms with E-state index in [0.717, 1.165) is 21.3 Å². The third kappa shape index (κ3) is 3.70. The zero-order valence-corrected chi connectivity index (χ0v) is 14.2. The first-order valence-electron chi connectivity index (χ1n) is 6.58. The van der Waals surface area contributed by atoms with Gasteiger partial charge < -0.3 is 15.2 Å². The van der Waals surface area contributed by atoms with Crippen LogP contribution in [-0.4, -0.2) is 13.7 Å². The number of ether oxygens (including phenoxy) is 2. The van der Waals surface area contributed by atoms with Crippen molar-refractivity contribution >= 4 is 27.5 Å². The summed E-state index contributed by atoms with van der Waals surface area (Å²) < 4.78 is 11.6. The minimum atomic E-state index is -0.328. The quantitative estimate of drug-likeness (QED) is 0.839. The summed E-state index contributed by atoms with van der Waals surface area (Å²) in [4.78, 5) is 0. The standard InChI is InChI=1S/C16H17BrClNO2/c1-3-21-12-6-4-10(5-7-12)15(19)13-8-11(18)9-14(17)16(13)20-2/h4-9,15H,3,19H2,1-2H3. The molecule has 0 saturated heterocycles. The van der Waals surface area contributed by atoms with Gasteiger partial charge in [0.25, 0.3) is 0 Å². The average Bonchev–Trinajstić information content (AvgIpc) is 2.47. The van der Waals surface area contributed by atoms with Crippen LogP contribution in [0.25, 0.3) is 0 Å². The molecule has 5 heteroatoms. The first-order chi connectivity index (χ1) is 10.1. The Balaban J connectivity index is 2.37. The van der Waals surface area contributed by atoms with Crippen molar-refractivity contribution in [3.05, 3.63) is 57.0 Å². The maximum absolute atomic E-state index is 6.35. The van der Waals surface area contributed by atoms with Gasteiger partial charge in [-0.15, -0.1) is 0 Å². The number of benzene rings is 2. The summed E-state index contributed by atoms with van der Waals surface area (Å²) >= 11 is 9.56. The van der Waals surface area contributed by atoms with Crippen molar-refractivity contribution in [2.24, 2.45) is 5.73 Å². The molecule has 0 heterocycles. The molecule has 3 nitrogen and oxygen atoms in total. The van der Waals surface area contributed by atoms with Gasteiger partial charge in [-0.2, -0.15) is 0 Å². The van der Waals surface area contributed by atoms with Gasteiger partial charge in [0, 0.05) is 10.6 Å². The van der Waals surface area contributed by atoms with Crippen molar-refractivity contribution in [1.82, 2.24) is 0 Å². The molecule has 0 aromatic heterocycles. The van der Waals surface area contributed by atoms with E-state index in [1.54, 1.807) is 13.2 Å². The number of hydrogen-bond donors (Lipinski definition) is 1. The summed E-state index contributed by atoms with van der Waals surface area (Å²) in [6.07, 6.45) is 0. The van der Waals surface area contributed by atoms with Gasteiger partial charge >= 0.3 is 0 Å². The lowest BCUT2D eigenvalue weighted by atomic mass is 9.98. The van der Waals surface area contributed by atoms with E-state index >= 15 is 0 Å². The van der Waals surface area contributed by atoms with Crippen LogP contribution in [0.3, 0.4) is 0 Å². The molecule has 1 atom stereocenters. The average molecular weight is 371 g/mol. The first-order valence-corrected chi connectivity index (χ1v) is 7.75. The summed E-state index contributed by atoms with van der Waals surface area (Å²) in [5.41, 5.74) is 8.15. The number of rotatable bonds is 5. The molecule has 0 saturated carbocycles. The van der Waals surface area contributed by atoms with Gasteiger partial charge in [-0.1, -0.05) is 23.7 Å². The molecule has 0 radical (unpaired) electrons. The molecule has 0 aliphatic heterocycles. The predicted octanol–water partition coefficient (Wildman–Crippen LogP) is 4.56. The smallest absolute Gasteiger partial charge is 0.138 e. The maximum Gasteiger partial charge on any atom is 0.138 e. The second-order valence-corrected chi connectivity index (χ2v) is 5.78. The molecule has 21 heavy (non-hydrogen) atoms. The van der Waals surface area contributed by atoms with Gasteiger partial charge in [0.1, 0.15) is 11.5 Å². The Morgan fingerprint density at radius 2 is 1.90 bits per heavy atom. The van der Waals surface area contributed by atoms with E-state index in [-0.39, 0.29) is 6.04 Å². The molecule has 0 bridgehead atoms. The van der Waals surface area contributed by atoms with Crippen molar-refractivity contribution < 1.29 is 9.47 Å². The number of hydrogen-bond acceptors (Lipinski definition) is 3. The third-order valence-electron chi connectivity index (χ3n) is 3.13. The molecule has 2 N–H and O–H groups in total. The summed E-state index contributed by atoms with van der Waals surface area (Å²) in [5.74, 6) is 1.52. The van der Waals surface area contributed by atoms with E-state index in [1.807, 2.05) is 37.3 Å². The second kappa shape index (κ2) is 7.16. The van der Waals surface area contributed by atoms with Gasteiger partial charge in [-0.3, -0.25) is 0 Å². The van der Waals surface area contributed by atoms with Crippen LogP contribution in [0.2, 0.25) is 5.02 Å². The van der Waals surface area contributed by atoms with Gasteiger partial charge in [0.2, 0.25) is 0 Å². The summed E-state index contributed by atoms with van der Waals surface area (Å²) in [6, 6.07) is 11.0. The van der Waals surface area contributed by atoms with Crippen LogP contribution >= 0.6 is 27.5 Å². The highest BCUT2D eigenvalue weighted by Gasteiger charge is 2.17. The molecule has 2 aromatic rings. The Kier molecular flexibility index (Phi) is 5.51. The fourth-order valence-corrected chi connectivity index (χ4v) is 3.14. The Hall–Kier alpha value is -1.23. The van der Waals surface area contributed by atoms with Crippen molar-refractivity contribution in [3.8, 4) is 11.5 Å². The van der Waals surface area contributed by atoms with Crippen LogP contribution in [0.4, 0.5) is 0 Å². The summed E-state index contributed by atoms with van der Waals surface area (Å²) in [5, 5.41) is 0.610. The van der Waals surface area contributed by atoms with E-state index in [1.165, 1.54) is 0 Å². The van der Waals surface area contributed by atoms with Crippen LogP contribution in [0.15, 0.2) is 40.9 Å². The highest BCUT2D eigenvalue weighted by Crippen LogP contribution is 2.37. The van der Waals surface area contributed by atoms with Crippen molar-refractivity contribution in [1.29, 1.82) is 0 Å².